The van der Waals surface area contributed by atoms with E-state index in [0.717, 1.165) is 0 Å². The highest BCUT2D eigenvalue weighted by molar-refractivity contribution is 6.32. The number of nitrogens with zero attached hydrogens (tertiary/aromatic N) is 3. The zero-order valence-corrected chi connectivity index (χ0v) is 11.0. The standard InChI is InChI=1S/C12H13ClN4O2/c1-8(7-18)14-12(19)10-6-17(16-15-10)11-5-3-2-4-9(11)13/h2-6,8,18H,7H2,1H3,(H,14,19). The molecular formula is C12H13ClN4O2. The lowest BCUT2D eigenvalue weighted by Crippen LogP contribution is -2.35. The van der Waals surface area contributed by atoms with Crippen LogP contribution in [0.15, 0.2) is 30.5 Å². The third-order valence-electron chi connectivity index (χ3n) is 2.48. The number of benzene rings is 1. The van der Waals surface area contributed by atoms with Gasteiger partial charge < -0.3 is 10.4 Å². The molecular weight excluding hydrogens is 268 g/mol. The molecule has 2 aromatic rings. The van der Waals surface area contributed by atoms with Crippen molar-refractivity contribution < 1.29 is 9.90 Å². The van der Waals surface area contributed by atoms with Gasteiger partial charge >= 0.3 is 0 Å². The second-order valence-electron chi connectivity index (χ2n) is 4.06. The van der Waals surface area contributed by atoms with Crippen molar-refractivity contribution in [2.75, 3.05) is 6.61 Å². The first-order valence-corrected chi connectivity index (χ1v) is 6.08. The first kappa shape index (κ1) is 13.5. The van der Waals surface area contributed by atoms with E-state index in [1.807, 2.05) is 6.07 Å². The van der Waals surface area contributed by atoms with Crippen LogP contribution in [0.2, 0.25) is 5.02 Å². The lowest BCUT2D eigenvalue weighted by atomic mass is 10.3. The molecule has 2 N–H and O–H groups in total. The highest BCUT2D eigenvalue weighted by Gasteiger charge is 2.14. The number of rotatable bonds is 4. The molecule has 19 heavy (non-hydrogen) atoms. The van der Waals surface area contributed by atoms with Crippen molar-refractivity contribution in [2.24, 2.45) is 0 Å². The predicted molar refractivity (Wildman–Crippen MR) is 70.4 cm³/mol. The number of hydrogen-bond donors (Lipinski definition) is 2. The van der Waals surface area contributed by atoms with E-state index in [-0.39, 0.29) is 24.2 Å². The summed E-state index contributed by atoms with van der Waals surface area (Å²) >= 11 is 6.03. The van der Waals surface area contributed by atoms with Gasteiger partial charge in [0.05, 0.1) is 23.5 Å². The van der Waals surface area contributed by atoms with E-state index in [1.54, 1.807) is 25.1 Å². The van der Waals surface area contributed by atoms with Gasteiger partial charge in [0.15, 0.2) is 5.69 Å². The Morgan fingerprint density at radius 1 is 1.53 bits per heavy atom. The fraction of sp³-hybridized carbons (Fsp3) is 0.250. The van der Waals surface area contributed by atoms with Crippen LogP contribution < -0.4 is 5.32 Å². The maximum atomic E-state index is 11.8. The SMILES string of the molecule is CC(CO)NC(=O)c1cn(-c2ccccc2Cl)nn1. The molecule has 1 unspecified atom stereocenters. The van der Waals surface area contributed by atoms with Gasteiger partial charge in [-0.15, -0.1) is 5.10 Å². The molecule has 1 aromatic heterocycles. The Hall–Kier alpha value is -1.92. The van der Waals surface area contributed by atoms with Gasteiger partial charge in [0.25, 0.3) is 5.91 Å². The Kier molecular flexibility index (Phi) is 4.13. The summed E-state index contributed by atoms with van der Waals surface area (Å²) in [6.45, 7) is 1.56. The van der Waals surface area contributed by atoms with Crippen LogP contribution in [-0.2, 0) is 0 Å². The maximum absolute atomic E-state index is 11.8. The van der Waals surface area contributed by atoms with Gasteiger partial charge in [-0.3, -0.25) is 4.79 Å². The molecule has 1 aromatic carbocycles. The Morgan fingerprint density at radius 2 is 2.26 bits per heavy atom. The third-order valence-corrected chi connectivity index (χ3v) is 2.80. The topological polar surface area (TPSA) is 80.0 Å². The van der Waals surface area contributed by atoms with Crippen LogP contribution >= 0.6 is 11.6 Å². The summed E-state index contributed by atoms with van der Waals surface area (Å²) in [5, 5.41) is 19.6. The molecule has 1 heterocycles. The Bertz CT molecular complexity index is 585. The Labute approximate surface area is 115 Å². The maximum Gasteiger partial charge on any atom is 0.273 e. The van der Waals surface area contributed by atoms with Crippen LogP contribution in [0, 0.1) is 0 Å². The van der Waals surface area contributed by atoms with Crippen LogP contribution in [0.25, 0.3) is 5.69 Å². The summed E-state index contributed by atoms with van der Waals surface area (Å²) in [5.41, 5.74) is 0.811. The van der Waals surface area contributed by atoms with E-state index in [0.29, 0.717) is 10.7 Å². The second kappa shape index (κ2) is 5.81. The first-order chi connectivity index (χ1) is 9.11. The number of hydrogen-bond acceptors (Lipinski definition) is 4. The molecule has 2 rings (SSSR count). The van der Waals surface area contributed by atoms with Crippen LogP contribution in [0.5, 0.6) is 0 Å². The highest BCUT2D eigenvalue weighted by atomic mass is 35.5. The summed E-state index contributed by atoms with van der Waals surface area (Å²) in [6, 6.07) is 6.79. The fourth-order valence-corrected chi connectivity index (χ4v) is 1.69. The minimum absolute atomic E-state index is 0.135. The van der Waals surface area contributed by atoms with Crippen LogP contribution in [0.4, 0.5) is 0 Å². The number of aromatic nitrogens is 3. The second-order valence-corrected chi connectivity index (χ2v) is 4.46. The molecule has 100 valence electrons. The third kappa shape index (κ3) is 3.10. The van der Waals surface area contributed by atoms with Crippen molar-refractivity contribution in [3.63, 3.8) is 0 Å². The molecule has 0 aliphatic heterocycles. The minimum atomic E-state index is -0.389. The molecule has 1 amide bonds. The molecule has 7 heteroatoms. The van der Waals surface area contributed by atoms with Crippen LogP contribution in [0.1, 0.15) is 17.4 Å². The van der Waals surface area contributed by atoms with E-state index in [2.05, 4.69) is 15.6 Å². The molecule has 1 atom stereocenters. The molecule has 0 aliphatic carbocycles. The van der Waals surface area contributed by atoms with Crippen molar-refractivity contribution in [3.8, 4) is 5.69 Å². The molecule has 0 aliphatic rings. The zero-order valence-electron chi connectivity index (χ0n) is 10.2. The first-order valence-electron chi connectivity index (χ1n) is 5.71. The van der Waals surface area contributed by atoms with E-state index in [4.69, 9.17) is 16.7 Å². The van der Waals surface area contributed by atoms with Crippen LogP contribution in [0.3, 0.4) is 0 Å². The largest absolute Gasteiger partial charge is 0.394 e. The van der Waals surface area contributed by atoms with Crippen molar-refractivity contribution in [1.82, 2.24) is 20.3 Å². The van der Waals surface area contributed by atoms with Gasteiger partial charge in [-0.1, -0.05) is 28.9 Å². The number of nitrogens with one attached hydrogen (secondary N) is 1. The smallest absolute Gasteiger partial charge is 0.273 e. The van der Waals surface area contributed by atoms with Gasteiger partial charge in [-0.25, -0.2) is 4.68 Å². The zero-order chi connectivity index (χ0) is 13.8. The molecule has 0 saturated heterocycles. The molecule has 0 bridgehead atoms. The number of halogens is 1. The number of aliphatic hydroxyl groups is 1. The van der Waals surface area contributed by atoms with Crippen molar-refractivity contribution in [3.05, 3.63) is 41.2 Å². The van der Waals surface area contributed by atoms with Crippen molar-refractivity contribution in [1.29, 1.82) is 0 Å². The summed E-state index contributed by atoms with van der Waals surface area (Å²) in [4.78, 5) is 11.8. The summed E-state index contributed by atoms with van der Waals surface area (Å²) in [5.74, 6) is -0.389. The lowest BCUT2D eigenvalue weighted by Gasteiger charge is -2.08. The average Bonchev–Trinajstić information content (AvgIpc) is 2.88. The van der Waals surface area contributed by atoms with Gasteiger partial charge in [-0.05, 0) is 19.1 Å². The minimum Gasteiger partial charge on any atom is -0.394 e. The fourth-order valence-electron chi connectivity index (χ4n) is 1.47. The van der Waals surface area contributed by atoms with E-state index in [9.17, 15) is 4.79 Å². The van der Waals surface area contributed by atoms with E-state index >= 15 is 0 Å². The van der Waals surface area contributed by atoms with Crippen molar-refractivity contribution >= 4 is 17.5 Å². The predicted octanol–water partition coefficient (Wildman–Crippen LogP) is 1.03. The van der Waals surface area contributed by atoms with Crippen LogP contribution in [-0.4, -0.2) is 38.7 Å². The summed E-state index contributed by atoms with van der Waals surface area (Å²) in [6.07, 6.45) is 1.49. The molecule has 0 saturated carbocycles. The lowest BCUT2D eigenvalue weighted by molar-refractivity contribution is 0.0917. The number of amides is 1. The molecule has 0 spiro atoms. The van der Waals surface area contributed by atoms with Gasteiger partial charge in [-0.2, -0.15) is 0 Å². The van der Waals surface area contributed by atoms with E-state index in [1.165, 1.54) is 10.9 Å². The van der Waals surface area contributed by atoms with Crippen molar-refractivity contribution in [2.45, 2.75) is 13.0 Å². The van der Waals surface area contributed by atoms with Gasteiger partial charge in [0.1, 0.15) is 0 Å². The van der Waals surface area contributed by atoms with Gasteiger partial charge in [0.2, 0.25) is 0 Å². The monoisotopic (exact) mass is 280 g/mol. The summed E-state index contributed by atoms with van der Waals surface area (Å²) < 4.78 is 1.43. The molecule has 0 radical (unpaired) electrons. The van der Waals surface area contributed by atoms with E-state index < -0.39 is 0 Å². The summed E-state index contributed by atoms with van der Waals surface area (Å²) in [7, 11) is 0. The quantitative estimate of drug-likeness (QED) is 0.877. The normalized spacial score (nSPS) is 12.2. The molecule has 6 nitrogen and oxygen atoms in total. The average molecular weight is 281 g/mol. The Balaban J connectivity index is 2.20. The number of aliphatic hydroxyl groups excluding tert-OH is 1. The Morgan fingerprint density at radius 3 is 2.95 bits per heavy atom. The van der Waals surface area contributed by atoms with Gasteiger partial charge in [0, 0.05) is 6.04 Å². The molecule has 0 fully saturated rings. The number of carbonyl (C=O) groups excluding carboxylic acids is 1. The number of carbonyl (C=O) groups is 1. The number of para-hydroxylation sites is 1. The highest BCUT2D eigenvalue weighted by Crippen LogP contribution is 2.18.